The fourth-order valence-corrected chi connectivity index (χ4v) is 2.36. The maximum Gasteiger partial charge on any atom is 0.240 e. The summed E-state index contributed by atoms with van der Waals surface area (Å²) in [7, 11) is 1.99. The Labute approximate surface area is 98.9 Å². The van der Waals surface area contributed by atoms with Crippen molar-refractivity contribution < 1.29 is 4.79 Å². The Bertz CT molecular complexity index is 335. The highest BCUT2D eigenvalue weighted by atomic mass is 32.1. The predicted octanol–water partition coefficient (Wildman–Crippen LogP) is 0.375. The number of amides is 1. The second-order valence-electron chi connectivity index (χ2n) is 3.95. The number of hydrogen-bond acceptors (Lipinski definition) is 5. The Morgan fingerprint density at radius 2 is 2.69 bits per heavy atom. The van der Waals surface area contributed by atoms with E-state index in [1.54, 1.807) is 6.20 Å². The summed E-state index contributed by atoms with van der Waals surface area (Å²) in [5.74, 6) is 0.00403. The van der Waals surface area contributed by atoms with Crippen LogP contribution in [0.3, 0.4) is 0 Å². The summed E-state index contributed by atoms with van der Waals surface area (Å²) >= 11 is 1.44. The van der Waals surface area contributed by atoms with E-state index < -0.39 is 0 Å². The highest BCUT2D eigenvalue weighted by Crippen LogP contribution is 2.11. The molecular formula is C10H16N4OS. The fraction of sp³-hybridized carbons (Fsp3) is 0.600. The van der Waals surface area contributed by atoms with Gasteiger partial charge in [0.05, 0.1) is 6.54 Å². The molecule has 0 spiro atoms. The molecule has 1 fully saturated rings. The summed E-state index contributed by atoms with van der Waals surface area (Å²) in [5.41, 5.74) is 0. The van der Waals surface area contributed by atoms with Crippen molar-refractivity contribution in [3.63, 3.8) is 0 Å². The summed E-state index contributed by atoms with van der Waals surface area (Å²) < 4.78 is 0. The number of likely N-dealkylation sites (N-methyl/N-ethyl adjacent to an activating group) is 1. The monoisotopic (exact) mass is 240 g/mol. The zero-order chi connectivity index (χ0) is 11.4. The predicted molar refractivity (Wildman–Crippen MR) is 64.6 cm³/mol. The van der Waals surface area contributed by atoms with Gasteiger partial charge in [0, 0.05) is 24.2 Å². The molecule has 1 saturated heterocycles. The van der Waals surface area contributed by atoms with Gasteiger partial charge >= 0.3 is 0 Å². The first-order chi connectivity index (χ1) is 7.75. The van der Waals surface area contributed by atoms with Gasteiger partial charge in [-0.1, -0.05) is 0 Å². The number of nitrogens with zero attached hydrogens (tertiary/aromatic N) is 2. The van der Waals surface area contributed by atoms with Gasteiger partial charge in [0.15, 0.2) is 5.13 Å². The van der Waals surface area contributed by atoms with E-state index in [4.69, 9.17) is 0 Å². The van der Waals surface area contributed by atoms with Crippen molar-refractivity contribution >= 4 is 22.4 Å². The number of anilines is 1. The first-order valence-electron chi connectivity index (χ1n) is 5.36. The molecular weight excluding hydrogens is 224 g/mol. The highest BCUT2D eigenvalue weighted by Gasteiger charge is 2.20. The average Bonchev–Trinajstić information content (AvgIpc) is 2.88. The molecule has 6 heteroatoms. The number of nitrogens with one attached hydrogen (secondary N) is 2. The molecule has 1 atom stereocenters. The number of rotatable bonds is 4. The van der Waals surface area contributed by atoms with E-state index in [1.165, 1.54) is 11.3 Å². The van der Waals surface area contributed by atoms with Crippen LogP contribution >= 0.6 is 11.3 Å². The molecule has 88 valence electrons. The number of aromatic nitrogens is 1. The van der Waals surface area contributed by atoms with Crippen LogP contribution in [0.4, 0.5) is 5.13 Å². The quantitative estimate of drug-likeness (QED) is 0.798. The molecule has 5 nitrogen and oxygen atoms in total. The Kier molecular flexibility index (Phi) is 3.87. The van der Waals surface area contributed by atoms with Crippen LogP contribution in [-0.4, -0.2) is 48.5 Å². The van der Waals surface area contributed by atoms with E-state index in [-0.39, 0.29) is 5.91 Å². The lowest BCUT2D eigenvalue weighted by Gasteiger charge is -2.22. The molecule has 1 unspecified atom stereocenters. The lowest BCUT2D eigenvalue weighted by atomic mass is 10.2. The summed E-state index contributed by atoms with van der Waals surface area (Å²) in [6, 6.07) is 0.474. The molecule has 0 aliphatic carbocycles. The van der Waals surface area contributed by atoms with Gasteiger partial charge in [-0.25, -0.2) is 4.98 Å². The second kappa shape index (κ2) is 5.38. The van der Waals surface area contributed by atoms with Crippen LogP contribution in [0.2, 0.25) is 0 Å². The van der Waals surface area contributed by atoms with E-state index in [0.717, 1.165) is 19.5 Å². The van der Waals surface area contributed by atoms with E-state index in [9.17, 15) is 4.79 Å². The van der Waals surface area contributed by atoms with E-state index in [2.05, 4.69) is 20.5 Å². The maximum absolute atomic E-state index is 11.7. The molecule has 2 N–H and O–H groups in total. The van der Waals surface area contributed by atoms with Crippen LogP contribution in [-0.2, 0) is 4.79 Å². The fourth-order valence-electron chi connectivity index (χ4n) is 1.82. The molecule has 1 aromatic rings. The van der Waals surface area contributed by atoms with Gasteiger partial charge < -0.3 is 10.6 Å². The first-order valence-corrected chi connectivity index (χ1v) is 6.24. The molecule has 1 amide bonds. The zero-order valence-corrected chi connectivity index (χ0v) is 10.1. The Morgan fingerprint density at radius 1 is 1.81 bits per heavy atom. The summed E-state index contributed by atoms with van der Waals surface area (Å²) in [4.78, 5) is 17.8. The molecule has 0 radical (unpaired) electrons. The summed E-state index contributed by atoms with van der Waals surface area (Å²) in [6.45, 7) is 2.44. The third-order valence-electron chi connectivity index (χ3n) is 2.73. The molecule has 0 aromatic carbocycles. The van der Waals surface area contributed by atoms with E-state index >= 15 is 0 Å². The maximum atomic E-state index is 11.7. The molecule has 2 heterocycles. The van der Waals surface area contributed by atoms with Crippen molar-refractivity contribution in [1.29, 1.82) is 0 Å². The topological polar surface area (TPSA) is 57.3 Å². The van der Waals surface area contributed by atoms with Crippen LogP contribution in [0.5, 0.6) is 0 Å². The molecule has 1 aliphatic rings. The van der Waals surface area contributed by atoms with Gasteiger partial charge in [0.2, 0.25) is 5.91 Å². The van der Waals surface area contributed by atoms with Crippen molar-refractivity contribution in [1.82, 2.24) is 15.2 Å². The van der Waals surface area contributed by atoms with Crippen LogP contribution in [0.15, 0.2) is 11.6 Å². The number of thiazole rings is 1. The van der Waals surface area contributed by atoms with Crippen molar-refractivity contribution in [3.05, 3.63) is 11.6 Å². The third-order valence-corrected chi connectivity index (χ3v) is 3.42. The SMILES string of the molecule is CN(CC(=O)Nc1nccs1)C1CCNC1. The van der Waals surface area contributed by atoms with Crippen LogP contribution in [0, 0.1) is 0 Å². The molecule has 0 bridgehead atoms. The second-order valence-corrected chi connectivity index (χ2v) is 4.84. The normalized spacial score (nSPS) is 20.2. The third kappa shape index (κ3) is 3.01. The Morgan fingerprint density at radius 3 is 3.31 bits per heavy atom. The van der Waals surface area contributed by atoms with E-state index in [1.807, 2.05) is 12.4 Å². The average molecular weight is 240 g/mol. The molecule has 0 saturated carbocycles. The van der Waals surface area contributed by atoms with Gasteiger partial charge in [0.25, 0.3) is 0 Å². The van der Waals surface area contributed by atoms with Gasteiger partial charge in [-0.15, -0.1) is 11.3 Å². The number of carbonyl (C=O) groups excluding carboxylic acids is 1. The minimum absolute atomic E-state index is 0.00403. The van der Waals surface area contributed by atoms with Gasteiger partial charge in [0.1, 0.15) is 0 Å². The molecule has 1 aliphatic heterocycles. The standard InChI is InChI=1S/C10H16N4OS/c1-14(8-2-3-11-6-8)7-9(15)13-10-12-4-5-16-10/h4-5,8,11H,2-3,6-7H2,1H3,(H,12,13,15). The van der Waals surface area contributed by atoms with Crippen LogP contribution in [0.1, 0.15) is 6.42 Å². The van der Waals surface area contributed by atoms with Crippen molar-refractivity contribution in [2.45, 2.75) is 12.5 Å². The van der Waals surface area contributed by atoms with Gasteiger partial charge in [-0.05, 0) is 20.0 Å². The molecule has 2 rings (SSSR count). The van der Waals surface area contributed by atoms with Gasteiger partial charge in [-0.2, -0.15) is 0 Å². The van der Waals surface area contributed by atoms with Gasteiger partial charge in [-0.3, -0.25) is 9.69 Å². The van der Waals surface area contributed by atoms with Crippen LogP contribution < -0.4 is 10.6 Å². The van der Waals surface area contributed by atoms with Crippen LogP contribution in [0.25, 0.3) is 0 Å². The summed E-state index contributed by atoms with van der Waals surface area (Å²) in [6.07, 6.45) is 2.80. The number of hydrogen-bond donors (Lipinski definition) is 2. The highest BCUT2D eigenvalue weighted by molar-refractivity contribution is 7.13. The van der Waals surface area contributed by atoms with Crippen molar-refractivity contribution in [3.8, 4) is 0 Å². The van der Waals surface area contributed by atoms with Crippen molar-refractivity contribution in [2.75, 3.05) is 32.0 Å². The lowest BCUT2D eigenvalue weighted by molar-refractivity contribution is -0.117. The first kappa shape index (κ1) is 11.5. The van der Waals surface area contributed by atoms with Crippen molar-refractivity contribution in [2.24, 2.45) is 0 Å². The Balaban J connectivity index is 1.78. The van der Waals surface area contributed by atoms with E-state index in [0.29, 0.717) is 17.7 Å². The Hall–Kier alpha value is -0.980. The zero-order valence-electron chi connectivity index (χ0n) is 9.27. The minimum Gasteiger partial charge on any atom is -0.315 e. The summed E-state index contributed by atoms with van der Waals surface area (Å²) in [5, 5.41) is 8.59. The number of carbonyl (C=O) groups is 1. The smallest absolute Gasteiger partial charge is 0.240 e. The lowest BCUT2D eigenvalue weighted by Crippen LogP contribution is -2.39. The minimum atomic E-state index is 0.00403. The molecule has 16 heavy (non-hydrogen) atoms. The largest absolute Gasteiger partial charge is 0.315 e. The molecule has 1 aromatic heterocycles.